The molecule has 0 bridgehead atoms. The van der Waals surface area contributed by atoms with E-state index in [1.807, 2.05) is 11.8 Å². The lowest BCUT2D eigenvalue weighted by molar-refractivity contribution is 0.283. The van der Waals surface area contributed by atoms with Gasteiger partial charge >= 0.3 is 0 Å². The van der Waals surface area contributed by atoms with Crippen LogP contribution in [0.2, 0.25) is 0 Å². The minimum atomic E-state index is -0.781. The van der Waals surface area contributed by atoms with E-state index in [1.165, 1.54) is 0 Å². The third kappa shape index (κ3) is 2.34. The van der Waals surface area contributed by atoms with Gasteiger partial charge in [-0.05, 0) is 32.4 Å². The van der Waals surface area contributed by atoms with Crippen molar-refractivity contribution in [3.8, 4) is 0 Å². The van der Waals surface area contributed by atoms with Gasteiger partial charge in [-0.1, -0.05) is 13.0 Å². The van der Waals surface area contributed by atoms with E-state index < -0.39 is 11.6 Å². The van der Waals surface area contributed by atoms with Crippen molar-refractivity contribution in [1.82, 2.24) is 5.32 Å². The van der Waals surface area contributed by atoms with E-state index in [9.17, 15) is 8.78 Å². The number of halogens is 2. The predicted octanol–water partition coefficient (Wildman–Crippen LogP) is 2.93. The summed E-state index contributed by atoms with van der Waals surface area (Å²) >= 11 is 0. The molecule has 2 unspecified atom stereocenters. The molecule has 100 valence electrons. The number of nitrogens with one attached hydrogen (secondary N) is 1. The van der Waals surface area contributed by atoms with Gasteiger partial charge < -0.3 is 10.2 Å². The summed E-state index contributed by atoms with van der Waals surface area (Å²) in [5, 5.41) is 3.47. The van der Waals surface area contributed by atoms with Crippen molar-refractivity contribution in [3.05, 3.63) is 29.8 Å². The Morgan fingerprint density at radius 3 is 2.83 bits per heavy atom. The van der Waals surface area contributed by atoms with Crippen LogP contribution in [0.4, 0.5) is 14.5 Å². The molecule has 1 heterocycles. The van der Waals surface area contributed by atoms with Gasteiger partial charge in [0.05, 0.1) is 5.69 Å². The Morgan fingerprint density at radius 2 is 2.17 bits per heavy atom. The topological polar surface area (TPSA) is 15.3 Å². The van der Waals surface area contributed by atoms with Gasteiger partial charge in [-0.3, -0.25) is 0 Å². The molecule has 1 aliphatic heterocycles. The molecule has 1 aromatic rings. The van der Waals surface area contributed by atoms with E-state index in [2.05, 4.69) is 19.2 Å². The summed E-state index contributed by atoms with van der Waals surface area (Å²) in [7, 11) is 0. The van der Waals surface area contributed by atoms with Crippen LogP contribution in [-0.2, 0) is 0 Å². The summed E-state index contributed by atoms with van der Waals surface area (Å²) in [5.41, 5.74) is 0.314. The van der Waals surface area contributed by atoms with Crippen LogP contribution in [0, 0.1) is 11.6 Å². The van der Waals surface area contributed by atoms with Crippen molar-refractivity contribution in [2.75, 3.05) is 18.0 Å². The Balaban J connectivity index is 2.33. The second-order valence-electron chi connectivity index (χ2n) is 5.34. The van der Waals surface area contributed by atoms with Crippen LogP contribution in [0.15, 0.2) is 18.2 Å². The summed E-state index contributed by atoms with van der Waals surface area (Å²) in [6.45, 7) is 7.70. The molecule has 4 heteroatoms. The molecule has 1 aromatic carbocycles. The zero-order valence-corrected chi connectivity index (χ0v) is 11.1. The molecule has 0 amide bonds. The number of benzene rings is 1. The molecular weight excluding hydrogens is 234 g/mol. The summed E-state index contributed by atoms with van der Waals surface area (Å²) in [4.78, 5) is 1.96. The number of piperazine rings is 1. The molecule has 18 heavy (non-hydrogen) atoms. The zero-order valence-electron chi connectivity index (χ0n) is 11.1. The SMILES string of the molecule is CCC1(C)CN(c2cccc(F)c2F)C(C)CN1. The number of hydrogen-bond donors (Lipinski definition) is 1. The third-order valence-electron chi connectivity index (χ3n) is 3.90. The Labute approximate surface area is 107 Å². The predicted molar refractivity (Wildman–Crippen MR) is 69.9 cm³/mol. The molecule has 1 N–H and O–H groups in total. The molecule has 0 radical (unpaired) electrons. The first-order valence-corrected chi connectivity index (χ1v) is 6.42. The van der Waals surface area contributed by atoms with Gasteiger partial charge in [0.25, 0.3) is 0 Å². The largest absolute Gasteiger partial charge is 0.363 e. The fraction of sp³-hybridized carbons (Fsp3) is 0.571. The van der Waals surface area contributed by atoms with Crippen molar-refractivity contribution in [2.24, 2.45) is 0 Å². The fourth-order valence-electron chi connectivity index (χ4n) is 2.37. The Hall–Kier alpha value is -1.16. The molecule has 0 saturated carbocycles. The quantitative estimate of drug-likeness (QED) is 0.873. The monoisotopic (exact) mass is 254 g/mol. The lowest BCUT2D eigenvalue weighted by Crippen LogP contribution is -2.62. The third-order valence-corrected chi connectivity index (χ3v) is 3.90. The van der Waals surface area contributed by atoms with Gasteiger partial charge in [0.2, 0.25) is 0 Å². The van der Waals surface area contributed by atoms with E-state index >= 15 is 0 Å². The maximum atomic E-state index is 13.9. The maximum absolute atomic E-state index is 13.9. The highest BCUT2D eigenvalue weighted by molar-refractivity contribution is 5.50. The lowest BCUT2D eigenvalue weighted by atomic mass is 9.93. The first-order valence-electron chi connectivity index (χ1n) is 6.42. The van der Waals surface area contributed by atoms with Crippen LogP contribution < -0.4 is 10.2 Å². The van der Waals surface area contributed by atoms with Gasteiger partial charge in [-0.25, -0.2) is 8.78 Å². The van der Waals surface area contributed by atoms with Crippen LogP contribution >= 0.6 is 0 Å². The van der Waals surface area contributed by atoms with E-state index in [4.69, 9.17) is 0 Å². The zero-order chi connectivity index (χ0) is 13.3. The second kappa shape index (κ2) is 4.84. The molecule has 2 rings (SSSR count). The van der Waals surface area contributed by atoms with Crippen LogP contribution in [0.25, 0.3) is 0 Å². The Morgan fingerprint density at radius 1 is 1.44 bits per heavy atom. The minimum Gasteiger partial charge on any atom is -0.363 e. The van der Waals surface area contributed by atoms with Crippen LogP contribution in [0.1, 0.15) is 27.2 Å². The molecule has 1 saturated heterocycles. The maximum Gasteiger partial charge on any atom is 0.182 e. The van der Waals surface area contributed by atoms with E-state index in [1.54, 1.807) is 12.1 Å². The highest BCUT2D eigenvalue weighted by Crippen LogP contribution is 2.28. The average molecular weight is 254 g/mol. The molecule has 0 aliphatic carbocycles. The Kier molecular flexibility index (Phi) is 3.57. The molecule has 0 aromatic heterocycles. The summed E-state index contributed by atoms with van der Waals surface area (Å²) in [5.74, 6) is -1.53. The van der Waals surface area contributed by atoms with Gasteiger partial charge in [0.15, 0.2) is 11.6 Å². The molecule has 2 atom stereocenters. The number of nitrogens with zero attached hydrogens (tertiary/aromatic N) is 1. The number of anilines is 1. The van der Waals surface area contributed by atoms with Gasteiger partial charge in [0.1, 0.15) is 0 Å². The lowest BCUT2D eigenvalue weighted by Gasteiger charge is -2.46. The fourth-order valence-corrected chi connectivity index (χ4v) is 2.37. The van der Waals surface area contributed by atoms with E-state index in [0.29, 0.717) is 12.2 Å². The Bertz CT molecular complexity index is 436. The van der Waals surface area contributed by atoms with Crippen molar-refractivity contribution in [2.45, 2.75) is 38.8 Å². The molecular formula is C14H20F2N2. The number of hydrogen-bond acceptors (Lipinski definition) is 2. The highest BCUT2D eigenvalue weighted by atomic mass is 19.2. The molecule has 1 fully saturated rings. The summed E-state index contributed by atoms with van der Waals surface area (Å²) < 4.78 is 27.2. The average Bonchev–Trinajstić information content (AvgIpc) is 2.36. The van der Waals surface area contributed by atoms with E-state index in [0.717, 1.165) is 19.0 Å². The van der Waals surface area contributed by atoms with Crippen LogP contribution in [-0.4, -0.2) is 24.7 Å². The van der Waals surface area contributed by atoms with Crippen molar-refractivity contribution in [1.29, 1.82) is 0 Å². The summed E-state index contributed by atoms with van der Waals surface area (Å²) in [6, 6.07) is 4.52. The van der Waals surface area contributed by atoms with Crippen LogP contribution in [0.3, 0.4) is 0 Å². The molecule has 0 spiro atoms. The van der Waals surface area contributed by atoms with Gasteiger partial charge in [-0.15, -0.1) is 0 Å². The van der Waals surface area contributed by atoms with Crippen LogP contribution in [0.5, 0.6) is 0 Å². The van der Waals surface area contributed by atoms with Crippen molar-refractivity contribution < 1.29 is 8.78 Å². The smallest absolute Gasteiger partial charge is 0.182 e. The highest BCUT2D eigenvalue weighted by Gasteiger charge is 2.34. The molecule has 1 aliphatic rings. The molecule has 2 nitrogen and oxygen atoms in total. The van der Waals surface area contributed by atoms with E-state index in [-0.39, 0.29) is 11.6 Å². The van der Waals surface area contributed by atoms with Gasteiger partial charge in [0, 0.05) is 24.7 Å². The number of rotatable bonds is 2. The second-order valence-corrected chi connectivity index (χ2v) is 5.34. The standard InChI is InChI=1S/C14H20F2N2/c1-4-14(3)9-18(10(2)8-17-14)12-7-5-6-11(15)13(12)16/h5-7,10,17H,4,8-9H2,1-3H3. The summed E-state index contributed by atoms with van der Waals surface area (Å²) in [6.07, 6.45) is 0.952. The van der Waals surface area contributed by atoms with Crippen molar-refractivity contribution >= 4 is 5.69 Å². The first-order chi connectivity index (χ1) is 8.47. The first kappa shape index (κ1) is 13.3. The van der Waals surface area contributed by atoms with Crippen molar-refractivity contribution in [3.63, 3.8) is 0 Å². The normalized spacial score (nSPS) is 28.5. The minimum absolute atomic E-state index is 0.0503. The van der Waals surface area contributed by atoms with Gasteiger partial charge in [-0.2, -0.15) is 0 Å².